The summed E-state index contributed by atoms with van der Waals surface area (Å²) >= 11 is 0. The maximum absolute atomic E-state index is 13.3. The van der Waals surface area contributed by atoms with Gasteiger partial charge in [0.15, 0.2) is 0 Å². The van der Waals surface area contributed by atoms with Crippen LogP contribution in [0.2, 0.25) is 0 Å². The maximum Gasteiger partial charge on any atom is 0.314 e. The molecular formula is C26H29ClFN2O2-. The molecule has 0 spiro atoms. The number of likely N-dealkylation sites (tertiary alicyclic amines) is 1. The van der Waals surface area contributed by atoms with E-state index in [1.807, 2.05) is 37.3 Å². The third kappa shape index (κ3) is 4.14. The number of piperidine rings is 1. The number of carbonyl (C=O) groups is 1. The van der Waals surface area contributed by atoms with Crippen LogP contribution in [0.3, 0.4) is 0 Å². The Balaban J connectivity index is 0.00000289. The highest BCUT2D eigenvalue weighted by atomic mass is 35.5. The highest BCUT2D eigenvalue weighted by molar-refractivity contribution is 5.82. The van der Waals surface area contributed by atoms with Crippen molar-refractivity contribution in [2.24, 2.45) is 5.92 Å². The molecule has 2 fully saturated rings. The van der Waals surface area contributed by atoms with Gasteiger partial charge in [0.05, 0.1) is 16.9 Å². The van der Waals surface area contributed by atoms with Crippen molar-refractivity contribution >= 4 is 5.97 Å². The van der Waals surface area contributed by atoms with E-state index in [2.05, 4.69) is 11.0 Å². The number of hydrogen-bond donors (Lipinski definition) is 1. The number of hydrogen-bond acceptors (Lipinski definition) is 3. The molecule has 6 heteroatoms. The Morgan fingerprint density at radius 2 is 1.69 bits per heavy atom. The molecule has 1 aliphatic heterocycles. The molecule has 4 rings (SSSR count). The van der Waals surface area contributed by atoms with Gasteiger partial charge < -0.3 is 22.4 Å². The number of aliphatic carboxylic acids is 1. The third-order valence-corrected chi connectivity index (χ3v) is 7.75. The van der Waals surface area contributed by atoms with Crippen LogP contribution in [0.4, 0.5) is 4.39 Å². The van der Waals surface area contributed by atoms with E-state index < -0.39 is 16.8 Å². The molecule has 1 heterocycles. The SMILES string of the molecule is CC1CN(C2CCC(C#N)(c3ccc(F)cc3)CC2)CC[C@]1(C(=O)O)c1ccccc1.[Cl-]. The quantitative estimate of drug-likeness (QED) is 0.764. The van der Waals surface area contributed by atoms with Gasteiger partial charge in [0.2, 0.25) is 0 Å². The van der Waals surface area contributed by atoms with Crippen LogP contribution in [0.1, 0.15) is 50.2 Å². The zero-order chi connectivity index (χ0) is 22.1. The molecular weight excluding hydrogens is 427 g/mol. The molecule has 170 valence electrons. The number of nitriles is 1. The molecule has 0 amide bonds. The van der Waals surface area contributed by atoms with E-state index in [1.54, 1.807) is 12.1 Å². The molecule has 2 aromatic carbocycles. The highest BCUT2D eigenvalue weighted by Crippen LogP contribution is 2.44. The summed E-state index contributed by atoms with van der Waals surface area (Å²) in [6.07, 6.45) is 3.86. The Labute approximate surface area is 195 Å². The monoisotopic (exact) mass is 455 g/mol. The lowest BCUT2D eigenvalue weighted by molar-refractivity contribution is -0.149. The summed E-state index contributed by atoms with van der Waals surface area (Å²) in [5, 5.41) is 20.1. The topological polar surface area (TPSA) is 64.3 Å². The molecule has 2 atom stereocenters. The van der Waals surface area contributed by atoms with Crippen molar-refractivity contribution in [3.8, 4) is 6.07 Å². The molecule has 2 aliphatic rings. The van der Waals surface area contributed by atoms with Crippen molar-refractivity contribution in [3.05, 3.63) is 71.5 Å². The lowest BCUT2D eigenvalue weighted by Crippen LogP contribution is -3.00. The second-order valence-electron chi connectivity index (χ2n) is 9.22. The van der Waals surface area contributed by atoms with Crippen LogP contribution in [0, 0.1) is 23.1 Å². The van der Waals surface area contributed by atoms with E-state index in [-0.39, 0.29) is 24.1 Å². The second-order valence-corrected chi connectivity index (χ2v) is 9.22. The average molecular weight is 456 g/mol. The zero-order valence-corrected chi connectivity index (χ0v) is 19.1. The summed E-state index contributed by atoms with van der Waals surface area (Å²) in [6.45, 7) is 3.53. The van der Waals surface area contributed by atoms with Crippen LogP contribution in [-0.4, -0.2) is 35.1 Å². The van der Waals surface area contributed by atoms with E-state index in [9.17, 15) is 19.6 Å². The molecule has 0 aromatic heterocycles. The van der Waals surface area contributed by atoms with Gasteiger partial charge in [-0.25, -0.2) is 4.39 Å². The minimum atomic E-state index is -0.850. The smallest absolute Gasteiger partial charge is 0.314 e. The van der Waals surface area contributed by atoms with Gasteiger partial charge in [0.1, 0.15) is 5.82 Å². The van der Waals surface area contributed by atoms with E-state index >= 15 is 0 Å². The van der Waals surface area contributed by atoms with Crippen molar-refractivity contribution < 1.29 is 26.7 Å². The molecule has 1 saturated carbocycles. The first kappa shape index (κ1) is 24.2. The summed E-state index contributed by atoms with van der Waals surface area (Å²) in [7, 11) is 0. The standard InChI is InChI=1S/C26H29FN2O2.ClH/c1-19-17-29(16-15-26(19,24(30)31)21-5-3-2-4-6-21)23-11-13-25(18-28,14-12-23)20-7-9-22(27)10-8-20;/h2-10,19,23H,11-17H2,1H3,(H,30,31);1H/p-1/t19?,23?,25?,26-;/m1./s1. The molecule has 1 unspecified atom stereocenters. The lowest BCUT2D eigenvalue weighted by Gasteiger charge is -2.48. The molecule has 0 radical (unpaired) electrons. The van der Waals surface area contributed by atoms with Gasteiger partial charge in [-0.2, -0.15) is 5.26 Å². The average Bonchev–Trinajstić information content (AvgIpc) is 2.80. The van der Waals surface area contributed by atoms with Gasteiger partial charge in [-0.05, 0) is 67.8 Å². The molecule has 2 aromatic rings. The van der Waals surface area contributed by atoms with Crippen molar-refractivity contribution in [2.75, 3.05) is 13.1 Å². The summed E-state index contributed by atoms with van der Waals surface area (Å²) in [5.41, 5.74) is 0.381. The maximum atomic E-state index is 13.3. The van der Waals surface area contributed by atoms with Gasteiger partial charge in [-0.3, -0.25) is 4.79 Å². The first-order chi connectivity index (χ1) is 14.9. The van der Waals surface area contributed by atoms with Crippen LogP contribution in [0.15, 0.2) is 54.6 Å². The highest BCUT2D eigenvalue weighted by Gasteiger charge is 2.50. The zero-order valence-electron chi connectivity index (χ0n) is 18.3. The van der Waals surface area contributed by atoms with Gasteiger partial charge in [-0.1, -0.05) is 49.4 Å². The summed E-state index contributed by atoms with van der Waals surface area (Å²) < 4.78 is 13.3. The van der Waals surface area contributed by atoms with Crippen molar-refractivity contribution in [2.45, 2.75) is 55.9 Å². The lowest BCUT2D eigenvalue weighted by atomic mass is 9.65. The number of nitrogens with zero attached hydrogens (tertiary/aromatic N) is 2. The van der Waals surface area contributed by atoms with Crippen LogP contribution in [0.25, 0.3) is 0 Å². The largest absolute Gasteiger partial charge is 1.00 e. The minimum Gasteiger partial charge on any atom is -1.00 e. The van der Waals surface area contributed by atoms with E-state index in [1.165, 1.54) is 12.1 Å². The number of rotatable bonds is 4. The Hall–Kier alpha value is -2.42. The van der Waals surface area contributed by atoms with E-state index in [0.29, 0.717) is 12.5 Å². The number of carboxylic acids is 1. The fourth-order valence-electron chi connectivity index (χ4n) is 5.80. The predicted molar refractivity (Wildman–Crippen MR) is 117 cm³/mol. The first-order valence-electron chi connectivity index (χ1n) is 11.1. The Morgan fingerprint density at radius 3 is 2.22 bits per heavy atom. The van der Waals surface area contributed by atoms with Crippen LogP contribution in [0.5, 0.6) is 0 Å². The summed E-state index contributed by atoms with van der Waals surface area (Å²) in [4.78, 5) is 14.8. The van der Waals surface area contributed by atoms with Crippen molar-refractivity contribution in [1.82, 2.24) is 4.90 Å². The van der Waals surface area contributed by atoms with Gasteiger partial charge in [0, 0.05) is 12.6 Å². The fraction of sp³-hybridized carbons (Fsp3) is 0.462. The van der Waals surface area contributed by atoms with Gasteiger partial charge in [0.25, 0.3) is 0 Å². The normalized spacial score (nSPS) is 30.7. The molecule has 1 saturated heterocycles. The molecule has 0 bridgehead atoms. The van der Waals surface area contributed by atoms with E-state index in [4.69, 9.17) is 0 Å². The molecule has 4 nitrogen and oxygen atoms in total. The second kappa shape index (κ2) is 9.60. The predicted octanol–water partition coefficient (Wildman–Crippen LogP) is 1.90. The van der Waals surface area contributed by atoms with Crippen molar-refractivity contribution in [1.29, 1.82) is 5.26 Å². The van der Waals surface area contributed by atoms with Crippen molar-refractivity contribution in [3.63, 3.8) is 0 Å². The Bertz CT molecular complexity index is 968. The fourth-order valence-corrected chi connectivity index (χ4v) is 5.80. The molecule has 1 aliphatic carbocycles. The van der Waals surface area contributed by atoms with E-state index in [0.717, 1.165) is 49.9 Å². The Morgan fingerprint density at radius 1 is 1.06 bits per heavy atom. The number of benzene rings is 2. The third-order valence-electron chi connectivity index (χ3n) is 7.75. The molecule has 1 N–H and O–H groups in total. The van der Waals surface area contributed by atoms with Crippen LogP contribution >= 0.6 is 0 Å². The number of carboxylic acid groups (broad SMARTS) is 1. The number of halogens is 2. The van der Waals surface area contributed by atoms with Crippen LogP contribution < -0.4 is 12.4 Å². The summed E-state index contributed by atoms with van der Waals surface area (Å²) in [5.74, 6) is -1.04. The minimum absolute atomic E-state index is 0. The van der Waals surface area contributed by atoms with Crippen LogP contribution in [-0.2, 0) is 15.6 Å². The Kier molecular flexibility index (Phi) is 7.27. The van der Waals surface area contributed by atoms with Gasteiger partial charge >= 0.3 is 5.97 Å². The molecule has 32 heavy (non-hydrogen) atoms. The van der Waals surface area contributed by atoms with Gasteiger partial charge in [-0.15, -0.1) is 0 Å². The first-order valence-corrected chi connectivity index (χ1v) is 11.1. The summed E-state index contributed by atoms with van der Waals surface area (Å²) in [6, 6.07) is 18.8.